The number of rotatable bonds is 4. The molecule has 0 spiro atoms. The van der Waals surface area contributed by atoms with Gasteiger partial charge in [-0.1, -0.05) is 18.2 Å². The van der Waals surface area contributed by atoms with Crippen molar-refractivity contribution in [3.63, 3.8) is 0 Å². The molecule has 4 nitrogen and oxygen atoms in total. The van der Waals surface area contributed by atoms with Crippen molar-refractivity contribution in [2.45, 2.75) is 12.8 Å². The molecular formula is C17H14N2O2. The summed E-state index contributed by atoms with van der Waals surface area (Å²) in [5.74, 6) is 1.23. The third kappa shape index (κ3) is 2.87. The number of amides is 1. The Morgan fingerprint density at radius 3 is 2.24 bits per heavy atom. The second kappa shape index (κ2) is 5.29. The molecular weight excluding hydrogens is 264 g/mol. The van der Waals surface area contributed by atoms with Crippen LogP contribution in [0.1, 0.15) is 12.8 Å². The minimum atomic E-state index is -0.806. The lowest BCUT2D eigenvalue weighted by molar-refractivity contribution is -0.119. The second-order valence-electron chi connectivity index (χ2n) is 5.09. The van der Waals surface area contributed by atoms with E-state index in [-0.39, 0.29) is 5.91 Å². The van der Waals surface area contributed by atoms with Gasteiger partial charge in [-0.25, -0.2) is 0 Å². The van der Waals surface area contributed by atoms with E-state index in [9.17, 15) is 4.79 Å². The summed E-state index contributed by atoms with van der Waals surface area (Å²) in [6.45, 7) is 0. The van der Waals surface area contributed by atoms with Crippen molar-refractivity contribution in [3.05, 3.63) is 54.6 Å². The van der Waals surface area contributed by atoms with Crippen molar-refractivity contribution in [2.75, 3.05) is 5.32 Å². The van der Waals surface area contributed by atoms with E-state index >= 15 is 0 Å². The molecule has 0 atom stereocenters. The summed E-state index contributed by atoms with van der Waals surface area (Å²) in [5.41, 5.74) is -0.138. The Morgan fingerprint density at radius 2 is 1.67 bits per heavy atom. The van der Waals surface area contributed by atoms with Gasteiger partial charge in [0.1, 0.15) is 16.9 Å². The van der Waals surface area contributed by atoms with Crippen molar-refractivity contribution in [1.82, 2.24) is 0 Å². The van der Waals surface area contributed by atoms with Gasteiger partial charge >= 0.3 is 0 Å². The van der Waals surface area contributed by atoms with Crippen LogP contribution in [0, 0.1) is 16.7 Å². The number of para-hydroxylation sites is 1. The number of anilines is 1. The molecule has 0 bridgehead atoms. The van der Waals surface area contributed by atoms with E-state index in [4.69, 9.17) is 10.00 Å². The normalized spacial score (nSPS) is 14.8. The number of benzene rings is 2. The van der Waals surface area contributed by atoms with Gasteiger partial charge in [-0.15, -0.1) is 0 Å². The number of carbonyl (C=O) groups is 1. The highest BCUT2D eigenvalue weighted by molar-refractivity contribution is 5.99. The molecule has 4 heteroatoms. The summed E-state index contributed by atoms with van der Waals surface area (Å²) in [6, 6.07) is 18.7. The average molecular weight is 278 g/mol. The molecule has 1 aliphatic rings. The van der Waals surface area contributed by atoms with Crippen LogP contribution in [0.3, 0.4) is 0 Å². The molecule has 1 aliphatic carbocycles. The van der Waals surface area contributed by atoms with Crippen molar-refractivity contribution in [1.29, 1.82) is 5.26 Å². The highest BCUT2D eigenvalue weighted by atomic mass is 16.5. The van der Waals surface area contributed by atoms with Crippen molar-refractivity contribution < 1.29 is 9.53 Å². The predicted molar refractivity (Wildman–Crippen MR) is 78.9 cm³/mol. The molecule has 0 heterocycles. The Hall–Kier alpha value is -2.80. The minimum Gasteiger partial charge on any atom is -0.457 e. The van der Waals surface area contributed by atoms with E-state index in [0.29, 0.717) is 24.3 Å². The van der Waals surface area contributed by atoms with Crippen LogP contribution in [-0.2, 0) is 4.79 Å². The van der Waals surface area contributed by atoms with Crippen LogP contribution in [0.4, 0.5) is 5.69 Å². The second-order valence-corrected chi connectivity index (χ2v) is 5.09. The highest BCUT2D eigenvalue weighted by Gasteiger charge is 2.50. The fourth-order valence-corrected chi connectivity index (χ4v) is 2.00. The van der Waals surface area contributed by atoms with E-state index in [1.54, 1.807) is 24.3 Å². The first kappa shape index (κ1) is 13.2. The summed E-state index contributed by atoms with van der Waals surface area (Å²) in [4.78, 5) is 11.9. The molecule has 1 amide bonds. The van der Waals surface area contributed by atoms with E-state index in [1.165, 1.54) is 0 Å². The zero-order chi connectivity index (χ0) is 14.7. The molecule has 21 heavy (non-hydrogen) atoms. The monoisotopic (exact) mass is 278 g/mol. The van der Waals surface area contributed by atoms with E-state index in [2.05, 4.69) is 11.4 Å². The standard InChI is InChI=1S/C17H14N2O2/c18-12-17(10-11-17)16(20)19-13-6-8-15(9-7-13)21-14-4-2-1-3-5-14/h1-9H,10-11H2,(H,19,20). The molecule has 2 aromatic rings. The molecule has 0 radical (unpaired) electrons. The Labute approximate surface area is 123 Å². The lowest BCUT2D eigenvalue weighted by atomic mass is 10.1. The molecule has 0 saturated heterocycles. The molecule has 1 N–H and O–H groups in total. The van der Waals surface area contributed by atoms with Gasteiger partial charge in [0.25, 0.3) is 0 Å². The van der Waals surface area contributed by atoms with Crippen molar-refractivity contribution in [2.24, 2.45) is 5.41 Å². The molecule has 2 aromatic carbocycles. The maximum atomic E-state index is 11.9. The number of ether oxygens (including phenoxy) is 1. The Morgan fingerprint density at radius 1 is 1.05 bits per heavy atom. The topological polar surface area (TPSA) is 62.1 Å². The molecule has 1 fully saturated rings. The van der Waals surface area contributed by atoms with Crippen LogP contribution in [0.2, 0.25) is 0 Å². The van der Waals surface area contributed by atoms with Crippen LogP contribution >= 0.6 is 0 Å². The number of hydrogen-bond acceptors (Lipinski definition) is 3. The van der Waals surface area contributed by atoms with E-state index < -0.39 is 5.41 Å². The van der Waals surface area contributed by atoms with Crippen molar-refractivity contribution in [3.8, 4) is 17.6 Å². The SMILES string of the molecule is N#CC1(C(=O)Nc2ccc(Oc3ccccc3)cc2)CC1. The van der Waals surface area contributed by atoms with Crippen LogP contribution in [0.25, 0.3) is 0 Å². The maximum absolute atomic E-state index is 11.9. The van der Waals surface area contributed by atoms with Gasteiger partial charge in [-0.05, 0) is 49.2 Å². The van der Waals surface area contributed by atoms with Gasteiger partial charge in [-0.2, -0.15) is 5.26 Å². The molecule has 0 aromatic heterocycles. The Kier molecular flexibility index (Phi) is 3.33. The van der Waals surface area contributed by atoms with Gasteiger partial charge < -0.3 is 10.1 Å². The number of nitriles is 1. The number of carbonyl (C=O) groups excluding carboxylic acids is 1. The van der Waals surface area contributed by atoms with E-state index in [1.807, 2.05) is 30.3 Å². The summed E-state index contributed by atoms with van der Waals surface area (Å²) < 4.78 is 5.67. The highest BCUT2D eigenvalue weighted by Crippen LogP contribution is 2.45. The van der Waals surface area contributed by atoms with Gasteiger partial charge in [0.05, 0.1) is 6.07 Å². The summed E-state index contributed by atoms with van der Waals surface area (Å²) in [7, 11) is 0. The Balaban J connectivity index is 1.65. The lowest BCUT2D eigenvalue weighted by Crippen LogP contribution is -2.22. The summed E-state index contributed by atoms with van der Waals surface area (Å²) in [6.07, 6.45) is 1.29. The van der Waals surface area contributed by atoms with Gasteiger partial charge in [-0.3, -0.25) is 4.79 Å². The van der Waals surface area contributed by atoms with Crippen LogP contribution in [0.5, 0.6) is 11.5 Å². The summed E-state index contributed by atoms with van der Waals surface area (Å²) in [5, 5.41) is 11.8. The third-order valence-electron chi connectivity index (χ3n) is 3.49. The number of nitrogens with zero attached hydrogens (tertiary/aromatic N) is 1. The van der Waals surface area contributed by atoms with E-state index in [0.717, 1.165) is 5.75 Å². The van der Waals surface area contributed by atoms with Crippen LogP contribution in [0.15, 0.2) is 54.6 Å². The first-order chi connectivity index (χ1) is 10.2. The zero-order valence-electron chi connectivity index (χ0n) is 11.4. The smallest absolute Gasteiger partial charge is 0.244 e. The molecule has 0 unspecified atom stereocenters. The zero-order valence-corrected chi connectivity index (χ0v) is 11.4. The molecule has 0 aliphatic heterocycles. The number of hydrogen-bond donors (Lipinski definition) is 1. The van der Waals surface area contributed by atoms with Gasteiger partial charge in [0.2, 0.25) is 5.91 Å². The first-order valence-corrected chi connectivity index (χ1v) is 6.78. The fraction of sp³-hybridized carbons (Fsp3) is 0.176. The molecule has 104 valence electrons. The molecule has 1 saturated carbocycles. The van der Waals surface area contributed by atoms with Crippen LogP contribution < -0.4 is 10.1 Å². The fourth-order valence-electron chi connectivity index (χ4n) is 2.00. The quantitative estimate of drug-likeness (QED) is 0.927. The third-order valence-corrected chi connectivity index (χ3v) is 3.49. The largest absolute Gasteiger partial charge is 0.457 e. The maximum Gasteiger partial charge on any atom is 0.244 e. The lowest BCUT2D eigenvalue weighted by Gasteiger charge is -2.09. The first-order valence-electron chi connectivity index (χ1n) is 6.78. The number of nitrogens with one attached hydrogen (secondary N) is 1. The average Bonchev–Trinajstić information content (AvgIpc) is 3.31. The molecule has 3 rings (SSSR count). The minimum absolute atomic E-state index is 0.221. The Bertz CT molecular complexity index is 683. The van der Waals surface area contributed by atoms with Crippen LogP contribution in [-0.4, -0.2) is 5.91 Å². The van der Waals surface area contributed by atoms with Crippen molar-refractivity contribution >= 4 is 11.6 Å². The van der Waals surface area contributed by atoms with Gasteiger partial charge in [0.15, 0.2) is 0 Å². The predicted octanol–water partition coefficient (Wildman–Crippen LogP) is 3.72. The van der Waals surface area contributed by atoms with Gasteiger partial charge in [0, 0.05) is 5.69 Å². The summed E-state index contributed by atoms with van der Waals surface area (Å²) >= 11 is 0.